The fourth-order valence-electron chi connectivity index (χ4n) is 2.58. The highest BCUT2D eigenvalue weighted by Gasteiger charge is 2.20. The molecule has 0 fully saturated rings. The van der Waals surface area contributed by atoms with Crippen LogP contribution in [0.2, 0.25) is 0 Å². The van der Waals surface area contributed by atoms with Crippen molar-refractivity contribution < 1.29 is 4.74 Å². The number of benzene rings is 1. The van der Waals surface area contributed by atoms with Gasteiger partial charge < -0.3 is 10.1 Å². The predicted octanol–water partition coefficient (Wildman–Crippen LogP) is 3.41. The Morgan fingerprint density at radius 2 is 2.05 bits per heavy atom. The number of rotatable bonds is 5. The minimum atomic E-state index is 0.0525. The lowest BCUT2D eigenvalue weighted by Gasteiger charge is -2.23. The highest BCUT2D eigenvalue weighted by molar-refractivity contribution is 5.47. The molecule has 2 aromatic rings. The van der Waals surface area contributed by atoms with Crippen molar-refractivity contribution >= 4 is 0 Å². The number of aryl methyl sites for hydroxylation is 2. The van der Waals surface area contributed by atoms with Crippen molar-refractivity contribution in [3.8, 4) is 5.75 Å². The quantitative estimate of drug-likeness (QED) is 0.904. The third-order valence-electron chi connectivity index (χ3n) is 3.39. The normalized spacial score (nSPS) is 12.2. The SMILES string of the molecule is CCNC(c1ccccn1)c1c(C)cc(C)cc1OC. The van der Waals surface area contributed by atoms with E-state index in [1.807, 2.05) is 24.4 Å². The van der Waals surface area contributed by atoms with Gasteiger partial charge in [0.2, 0.25) is 0 Å². The molecule has 106 valence electrons. The lowest BCUT2D eigenvalue weighted by atomic mass is 9.95. The van der Waals surface area contributed by atoms with Crippen molar-refractivity contribution in [2.45, 2.75) is 26.8 Å². The predicted molar refractivity (Wildman–Crippen MR) is 82.2 cm³/mol. The molecule has 3 nitrogen and oxygen atoms in total. The zero-order chi connectivity index (χ0) is 14.5. The lowest BCUT2D eigenvalue weighted by molar-refractivity contribution is 0.403. The molecule has 20 heavy (non-hydrogen) atoms. The molecule has 0 bridgehead atoms. The first kappa shape index (κ1) is 14.5. The van der Waals surface area contributed by atoms with E-state index < -0.39 is 0 Å². The molecule has 0 saturated heterocycles. The Bertz CT molecular complexity index is 567. The summed E-state index contributed by atoms with van der Waals surface area (Å²) in [5, 5.41) is 3.51. The minimum Gasteiger partial charge on any atom is -0.496 e. The highest BCUT2D eigenvalue weighted by atomic mass is 16.5. The average molecular weight is 270 g/mol. The molecule has 1 unspecified atom stereocenters. The van der Waals surface area contributed by atoms with Gasteiger partial charge in [0.25, 0.3) is 0 Å². The molecule has 3 heteroatoms. The topological polar surface area (TPSA) is 34.2 Å². The fraction of sp³-hybridized carbons (Fsp3) is 0.353. The van der Waals surface area contributed by atoms with Gasteiger partial charge in [-0.25, -0.2) is 0 Å². The van der Waals surface area contributed by atoms with E-state index in [4.69, 9.17) is 4.74 Å². The molecule has 2 rings (SSSR count). The second-order valence-electron chi connectivity index (χ2n) is 4.94. The number of ether oxygens (including phenoxy) is 1. The van der Waals surface area contributed by atoms with Crippen LogP contribution in [0.15, 0.2) is 36.5 Å². The van der Waals surface area contributed by atoms with E-state index in [1.165, 1.54) is 16.7 Å². The molecule has 1 aromatic heterocycles. The molecule has 1 aromatic carbocycles. The number of aromatic nitrogens is 1. The molecule has 0 amide bonds. The summed E-state index contributed by atoms with van der Waals surface area (Å²) in [7, 11) is 1.72. The van der Waals surface area contributed by atoms with Crippen LogP contribution in [-0.4, -0.2) is 18.6 Å². The first-order valence-electron chi connectivity index (χ1n) is 6.96. The van der Waals surface area contributed by atoms with Gasteiger partial charge in [-0.1, -0.05) is 19.1 Å². The van der Waals surface area contributed by atoms with Gasteiger partial charge in [-0.2, -0.15) is 0 Å². The molecule has 0 spiro atoms. The van der Waals surface area contributed by atoms with Crippen LogP contribution in [-0.2, 0) is 0 Å². The van der Waals surface area contributed by atoms with Crippen LogP contribution in [0.25, 0.3) is 0 Å². The summed E-state index contributed by atoms with van der Waals surface area (Å²) in [5.74, 6) is 0.916. The largest absolute Gasteiger partial charge is 0.496 e. The van der Waals surface area contributed by atoms with E-state index in [-0.39, 0.29) is 6.04 Å². The summed E-state index contributed by atoms with van der Waals surface area (Å²) in [6.45, 7) is 7.18. The maximum atomic E-state index is 5.59. The summed E-state index contributed by atoms with van der Waals surface area (Å²) in [4.78, 5) is 4.49. The van der Waals surface area contributed by atoms with Gasteiger partial charge in [0.05, 0.1) is 18.8 Å². The zero-order valence-electron chi connectivity index (χ0n) is 12.6. The van der Waals surface area contributed by atoms with Crippen LogP contribution in [0.5, 0.6) is 5.75 Å². The Kier molecular flexibility index (Phi) is 4.74. The Balaban J connectivity index is 2.55. The number of nitrogens with zero attached hydrogens (tertiary/aromatic N) is 1. The monoisotopic (exact) mass is 270 g/mol. The Morgan fingerprint density at radius 1 is 1.25 bits per heavy atom. The summed E-state index contributed by atoms with van der Waals surface area (Å²) in [5.41, 5.74) is 4.61. The number of methoxy groups -OCH3 is 1. The molecule has 0 aliphatic rings. The minimum absolute atomic E-state index is 0.0525. The van der Waals surface area contributed by atoms with Crippen molar-refractivity contribution in [3.05, 3.63) is 58.9 Å². The van der Waals surface area contributed by atoms with Crippen LogP contribution in [0.3, 0.4) is 0 Å². The third kappa shape index (κ3) is 2.99. The first-order valence-corrected chi connectivity index (χ1v) is 6.96. The van der Waals surface area contributed by atoms with Gasteiger partial charge in [0, 0.05) is 11.8 Å². The van der Waals surface area contributed by atoms with E-state index in [0.29, 0.717) is 0 Å². The molecular weight excluding hydrogens is 248 g/mol. The van der Waals surface area contributed by atoms with Gasteiger partial charge in [0.15, 0.2) is 0 Å². The lowest BCUT2D eigenvalue weighted by Crippen LogP contribution is -2.24. The maximum absolute atomic E-state index is 5.59. The highest BCUT2D eigenvalue weighted by Crippen LogP contribution is 2.33. The number of nitrogens with one attached hydrogen (secondary N) is 1. The Morgan fingerprint density at radius 3 is 2.65 bits per heavy atom. The Labute approximate surface area is 121 Å². The van der Waals surface area contributed by atoms with Crippen LogP contribution in [0.1, 0.15) is 35.3 Å². The summed E-state index contributed by atoms with van der Waals surface area (Å²) < 4.78 is 5.59. The smallest absolute Gasteiger partial charge is 0.124 e. The van der Waals surface area contributed by atoms with E-state index in [1.54, 1.807) is 7.11 Å². The van der Waals surface area contributed by atoms with Gasteiger partial charge in [-0.05, 0) is 49.7 Å². The standard InChI is InChI=1S/C17H22N2O/c1-5-18-17(14-8-6-7-9-19-14)16-13(3)10-12(2)11-15(16)20-4/h6-11,17-18H,5H2,1-4H3. The summed E-state index contributed by atoms with van der Waals surface area (Å²) in [6.07, 6.45) is 1.83. The van der Waals surface area contributed by atoms with Crippen molar-refractivity contribution in [2.24, 2.45) is 0 Å². The molecule has 1 atom stereocenters. The number of pyridine rings is 1. The molecule has 1 N–H and O–H groups in total. The molecule has 0 saturated carbocycles. The Hall–Kier alpha value is -1.87. The fourth-order valence-corrected chi connectivity index (χ4v) is 2.58. The van der Waals surface area contributed by atoms with Crippen molar-refractivity contribution in [3.63, 3.8) is 0 Å². The zero-order valence-corrected chi connectivity index (χ0v) is 12.6. The second kappa shape index (κ2) is 6.53. The summed E-state index contributed by atoms with van der Waals surface area (Å²) >= 11 is 0. The maximum Gasteiger partial charge on any atom is 0.124 e. The molecule has 0 aliphatic heterocycles. The molecule has 0 radical (unpaired) electrons. The van der Waals surface area contributed by atoms with E-state index in [9.17, 15) is 0 Å². The van der Waals surface area contributed by atoms with Gasteiger partial charge in [-0.15, -0.1) is 0 Å². The van der Waals surface area contributed by atoms with Crippen LogP contribution in [0.4, 0.5) is 0 Å². The van der Waals surface area contributed by atoms with E-state index >= 15 is 0 Å². The van der Waals surface area contributed by atoms with E-state index in [0.717, 1.165) is 18.0 Å². The number of hydrogen-bond donors (Lipinski definition) is 1. The second-order valence-corrected chi connectivity index (χ2v) is 4.94. The number of hydrogen-bond acceptors (Lipinski definition) is 3. The van der Waals surface area contributed by atoms with Crippen LogP contribution < -0.4 is 10.1 Å². The molecule has 0 aliphatic carbocycles. The van der Waals surface area contributed by atoms with Gasteiger partial charge in [0.1, 0.15) is 5.75 Å². The van der Waals surface area contributed by atoms with Gasteiger partial charge in [-0.3, -0.25) is 4.98 Å². The molecular formula is C17H22N2O. The molecule has 1 heterocycles. The third-order valence-corrected chi connectivity index (χ3v) is 3.39. The van der Waals surface area contributed by atoms with Crippen molar-refractivity contribution in [1.29, 1.82) is 0 Å². The first-order chi connectivity index (χ1) is 9.67. The average Bonchev–Trinajstić information content (AvgIpc) is 2.45. The van der Waals surface area contributed by atoms with Crippen LogP contribution >= 0.6 is 0 Å². The van der Waals surface area contributed by atoms with Crippen LogP contribution in [0, 0.1) is 13.8 Å². The summed E-state index contributed by atoms with van der Waals surface area (Å²) in [6, 6.07) is 10.3. The van der Waals surface area contributed by atoms with Gasteiger partial charge >= 0.3 is 0 Å². The van der Waals surface area contributed by atoms with Crippen molar-refractivity contribution in [1.82, 2.24) is 10.3 Å². The van der Waals surface area contributed by atoms with E-state index in [2.05, 4.69) is 43.2 Å². The van der Waals surface area contributed by atoms with Crippen molar-refractivity contribution in [2.75, 3.05) is 13.7 Å².